The van der Waals surface area contributed by atoms with Crippen molar-refractivity contribution < 1.29 is 13.5 Å². The minimum absolute atomic E-state index is 0.00485. The Balaban J connectivity index is 2.53. The zero-order valence-corrected chi connectivity index (χ0v) is 13.6. The number of imidazole rings is 1. The van der Waals surface area contributed by atoms with Crippen molar-refractivity contribution in [1.29, 1.82) is 0 Å². The van der Waals surface area contributed by atoms with Gasteiger partial charge in [0.2, 0.25) is 5.88 Å². The Morgan fingerprint density at radius 2 is 1.95 bits per heavy atom. The maximum atomic E-state index is 12.5. The molecule has 1 heterocycles. The SMILES string of the molecule is CCCCCS(=O)(=O)c1ccc(Cl)cc1-c1[nH]c(=O)[nH]c1O. The van der Waals surface area contributed by atoms with Gasteiger partial charge in [0.25, 0.3) is 0 Å². The maximum Gasteiger partial charge on any atom is 0.326 e. The molecule has 0 amide bonds. The van der Waals surface area contributed by atoms with E-state index in [0.717, 1.165) is 12.8 Å². The molecule has 0 radical (unpaired) electrons. The highest BCUT2D eigenvalue weighted by Gasteiger charge is 2.22. The van der Waals surface area contributed by atoms with Crippen molar-refractivity contribution in [2.45, 2.75) is 31.1 Å². The molecule has 1 aromatic carbocycles. The molecule has 0 fully saturated rings. The van der Waals surface area contributed by atoms with E-state index in [1.807, 2.05) is 6.92 Å². The summed E-state index contributed by atoms with van der Waals surface area (Å²) in [5, 5.41) is 10.1. The number of unbranched alkanes of at least 4 members (excludes halogenated alkanes) is 2. The molecule has 0 saturated heterocycles. The number of aromatic nitrogens is 2. The number of halogens is 1. The molecule has 0 aliphatic carbocycles. The second-order valence-corrected chi connectivity index (χ2v) is 7.48. The number of aromatic amines is 2. The Hall–Kier alpha value is -1.73. The molecule has 3 N–H and O–H groups in total. The van der Waals surface area contributed by atoms with Crippen LogP contribution in [0.3, 0.4) is 0 Å². The minimum Gasteiger partial charge on any atom is -0.493 e. The second kappa shape index (κ2) is 6.58. The molecule has 8 heteroatoms. The van der Waals surface area contributed by atoms with Crippen LogP contribution in [0.2, 0.25) is 5.02 Å². The van der Waals surface area contributed by atoms with Gasteiger partial charge in [0.05, 0.1) is 10.6 Å². The molecule has 0 unspecified atom stereocenters. The summed E-state index contributed by atoms with van der Waals surface area (Å²) in [5.74, 6) is -0.414. The predicted octanol–water partition coefficient (Wildman–Crippen LogP) is 2.69. The number of sulfone groups is 1. The molecule has 0 aliphatic rings. The Bertz CT molecular complexity index is 824. The molecular formula is C14H17ClN2O4S. The van der Waals surface area contributed by atoms with Crippen molar-refractivity contribution >= 4 is 21.4 Å². The van der Waals surface area contributed by atoms with Crippen LogP contribution >= 0.6 is 11.6 Å². The summed E-state index contributed by atoms with van der Waals surface area (Å²) >= 11 is 5.92. The maximum absolute atomic E-state index is 12.5. The summed E-state index contributed by atoms with van der Waals surface area (Å²) in [6, 6.07) is 4.27. The number of H-pyrrole nitrogens is 2. The van der Waals surface area contributed by atoms with Crippen molar-refractivity contribution in [2.75, 3.05) is 5.75 Å². The zero-order chi connectivity index (χ0) is 16.3. The quantitative estimate of drug-likeness (QED) is 0.701. The summed E-state index contributed by atoms with van der Waals surface area (Å²) in [4.78, 5) is 15.9. The van der Waals surface area contributed by atoms with Crippen LogP contribution < -0.4 is 5.69 Å². The summed E-state index contributed by atoms with van der Waals surface area (Å²) in [7, 11) is -3.54. The van der Waals surface area contributed by atoms with Crippen LogP contribution in [0.25, 0.3) is 11.3 Å². The van der Waals surface area contributed by atoms with E-state index in [1.165, 1.54) is 18.2 Å². The van der Waals surface area contributed by atoms with Crippen LogP contribution in [0.15, 0.2) is 27.9 Å². The third kappa shape index (κ3) is 3.53. The third-order valence-corrected chi connectivity index (χ3v) is 5.36. The smallest absolute Gasteiger partial charge is 0.326 e. The van der Waals surface area contributed by atoms with E-state index in [1.54, 1.807) is 0 Å². The lowest BCUT2D eigenvalue weighted by atomic mass is 10.1. The number of aromatic hydroxyl groups is 1. The molecule has 120 valence electrons. The molecule has 0 aliphatic heterocycles. The largest absolute Gasteiger partial charge is 0.493 e. The van der Waals surface area contributed by atoms with Gasteiger partial charge in [-0.3, -0.25) is 4.98 Å². The van der Waals surface area contributed by atoms with E-state index in [2.05, 4.69) is 9.97 Å². The fraction of sp³-hybridized carbons (Fsp3) is 0.357. The van der Waals surface area contributed by atoms with E-state index < -0.39 is 21.4 Å². The number of hydrogen-bond acceptors (Lipinski definition) is 4. The van der Waals surface area contributed by atoms with E-state index >= 15 is 0 Å². The fourth-order valence-corrected chi connectivity index (χ4v) is 3.94. The highest BCUT2D eigenvalue weighted by atomic mass is 35.5. The van der Waals surface area contributed by atoms with Gasteiger partial charge in [0.15, 0.2) is 9.84 Å². The number of hydrogen-bond donors (Lipinski definition) is 3. The Kier molecular flexibility index (Phi) is 4.97. The van der Waals surface area contributed by atoms with Gasteiger partial charge in [0.1, 0.15) is 5.69 Å². The summed E-state index contributed by atoms with van der Waals surface area (Å²) in [6.07, 6.45) is 2.28. The van der Waals surface area contributed by atoms with Crippen molar-refractivity contribution in [3.63, 3.8) is 0 Å². The lowest BCUT2D eigenvalue weighted by molar-refractivity contribution is 0.457. The summed E-state index contributed by atoms with van der Waals surface area (Å²) in [6.45, 7) is 1.99. The highest BCUT2D eigenvalue weighted by Crippen LogP contribution is 2.33. The van der Waals surface area contributed by atoms with Gasteiger partial charge in [-0.15, -0.1) is 0 Å². The van der Waals surface area contributed by atoms with Gasteiger partial charge in [-0.25, -0.2) is 13.2 Å². The van der Waals surface area contributed by atoms with E-state index in [9.17, 15) is 18.3 Å². The number of benzene rings is 1. The van der Waals surface area contributed by atoms with Gasteiger partial charge in [0, 0.05) is 10.6 Å². The average molecular weight is 345 g/mol. The van der Waals surface area contributed by atoms with Gasteiger partial charge in [-0.2, -0.15) is 0 Å². The van der Waals surface area contributed by atoms with Crippen LogP contribution in [0.1, 0.15) is 26.2 Å². The topological polar surface area (TPSA) is 103 Å². The van der Waals surface area contributed by atoms with E-state index in [-0.39, 0.29) is 21.9 Å². The molecule has 0 atom stereocenters. The van der Waals surface area contributed by atoms with Gasteiger partial charge in [-0.1, -0.05) is 31.4 Å². The van der Waals surface area contributed by atoms with Crippen molar-refractivity contribution in [3.05, 3.63) is 33.7 Å². The van der Waals surface area contributed by atoms with E-state index in [4.69, 9.17) is 11.6 Å². The normalized spacial score (nSPS) is 11.7. The summed E-state index contributed by atoms with van der Waals surface area (Å²) < 4.78 is 25.0. The van der Waals surface area contributed by atoms with Crippen LogP contribution in [0.5, 0.6) is 5.88 Å². The van der Waals surface area contributed by atoms with Crippen LogP contribution in [-0.4, -0.2) is 29.2 Å². The number of rotatable bonds is 6. The van der Waals surface area contributed by atoms with E-state index in [0.29, 0.717) is 11.4 Å². The number of nitrogens with one attached hydrogen (secondary N) is 2. The van der Waals surface area contributed by atoms with Crippen molar-refractivity contribution in [3.8, 4) is 17.1 Å². The lowest BCUT2D eigenvalue weighted by Crippen LogP contribution is -2.09. The molecule has 0 spiro atoms. The fourth-order valence-electron chi connectivity index (χ4n) is 2.19. The standard InChI is InChI=1S/C14H17ClN2O4S/c1-2-3-4-7-22(20,21)11-6-5-9(15)8-10(11)12-13(18)17-14(19)16-12/h5-6,8,18H,2-4,7H2,1H3,(H2,16,17,19). The molecule has 6 nitrogen and oxygen atoms in total. The van der Waals surface area contributed by atoms with Crippen molar-refractivity contribution in [2.24, 2.45) is 0 Å². The molecular weight excluding hydrogens is 328 g/mol. The first kappa shape index (κ1) is 16.6. The average Bonchev–Trinajstić information content (AvgIpc) is 2.77. The van der Waals surface area contributed by atoms with Crippen LogP contribution in [0, 0.1) is 0 Å². The van der Waals surface area contributed by atoms with Gasteiger partial charge >= 0.3 is 5.69 Å². The molecule has 1 aromatic heterocycles. The first-order valence-electron chi connectivity index (χ1n) is 6.89. The highest BCUT2D eigenvalue weighted by molar-refractivity contribution is 7.91. The first-order chi connectivity index (χ1) is 10.3. The van der Waals surface area contributed by atoms with Crippen molar-refractivity contribution in [1.82, 2.24) is 9.97 Å². The Labute approximate surface area is 133 Å². The van der Waals surface area contributed by atoms with Crippen LogP contribution in [-0.2, 0) is 9.84 Å². The molecule has 0 bridgehead atoms. The Morgan fingerprint density at radius 1 is 1.23 bits per heavy atom. The van der Waals surface area contributed by atoms with Gasteiger partial charge < -0.3 is 10.1 Å². The second-order valence-electron chi connectivity index (χ2n) is 4.97. The third-order valence-electron chi connectivity index (χ3n) is 3.27. The first-order valence-corrected chi connectivity index (χ1v) is 8.92. The molecule has 0 saturated carbocycles. The summed E-state index contributed by atoms with van der Waals surface area (Å²) in [5.41, 5.74) is -0.428. The predicted molar refractivity (Wildman–Crippen MR) is 85.1 cm³/mol. The lowest BCUT2D eigenvalue weighted by Gasteiger charge is -2.10. The van der Waals surface area contributed by atoms with Gasteiger partial charge in [-0.05, 0) is 24.6 Å². The molecule has 2 aromatic rings. The minimum atomic E-state index is -3.54. The molecule has 2 rings (SSSR count). The Morgan fingerprint density at radius 3 is 2.55 bits per heavy atom. The monoisotopic (exact) mass is 344 g/mol. The molecule has 22 heavy (non-hydrogen) atoms. The zero-order valence-electron chi connectivity index (χ0n) is 12.0. The van der Waals surface area contributed by atoms with Crippen LogP contribution in [0.4, 0.5) is 0 Å².